The van der Waals surface area contributed by atoms with Gasteiger partial charge < -0.3 is 14.6 Å². The highest BCUT2D eigenvalue weighted by atomic mass is 16.5. The van der Waals surface area contributed by atoms with Crippen molar-refractivity contribution >= 4 is 17.5 Å². The molecule has 0 spiro atoms. The summed E-state index contributed by atoms with van der Waals surface area (Å²) in [5, 5.41) is 9.22. The van der Waals surface area contributed by atoms with Crippen LogP contribution in [-0.2, 0) is 5.41 Å². The number of nitrogens with zero attached hydrogens (tertiary/aromatic N) is 1. The van der Waals surface area contributed by atoms with Crippen molar-refractivity contribution in [2.45, 2.75) is 33.1 Å². The Hall–Kier alpha value is -2.50. The molecule has 2 N–H and O–H groups in total. The molecule has 0 fully saturated rings. The maximum absolute atomic E-state index is 12.0. The van der Waals surface area contributed by atoms with Crippen LogP contribution in [0.3, 0.4) is 0 Å². The second-order valence-corrected chi connectivity index (χ2v) is 5.83. The maximum Gasteiger partial charge on any atom is 0.325 e. The number of ether oxygens (including phenoxy) is 1. The molecule has 0 saturated heterocycles. The van der Waals surface area contributed by atoms with Crippen LogP contribution < -0.4 is 15.4 Å². The van der Waals surface area contributed by atoms with Crippen molar-refractivity contribution < 1.29 is 14.1 Å². The first kappa shape index (κ1) is 15.9. The van der Waals surface area contributed by atoms with Crippen LogP contribution in [0.4, 0.5) is 16.3 Å². The lowest BCUT2D eigenvalue weighted by Crippen LogP contribution is -2.20. The van der Waals surface area contributed by atoms with Crippen molar-refractivity contribution in [1.29, 1.82) is 0 Å². The van der Waals surface area contributed by atoms with Crippen LogP contribution in [0.15, 0.2) is 34.9 Å². The van der Waals surface area contributed by atoms with Crippen molar-refractivity contribution in [3.63, 3.8) is 0 Å². The summed E-state index contributed by atoms with van der Waals surface area (Å²) in [6.07, 6.45) is 0. The lowest BCUT2D eigenvalue weighted by Gasteiger charge is -2.12. The number of carbonyl (C=O) groups excluding carboxylic acids is 1. The molecule has 2 amide bonds. The van der Waals surface area contributed by atoms with E-state index in [1.54, 1.807) is 18.2 Å². The number of carbonyl (C=O) groups is 1. The Morgan fingerprint density at radius 1 is 1.27 bits per heavy atom. The number of para-hydroxylation sites is 2. The van der Waals surface area contributed by atoms with Gasteiger partial charge in [0, 0.05) is 11.5 Å². The average Bonchev–Trinajstić information content (AvgIpc) is 2.89. The standard InChI is InChI=1S/C16H21N3O3/c1-5-21-12-9-7-6-8-11(12)17-15(20)18-14-10-13(22-19-14)16(2,3)4/h6-10H,5H2,1-4H3,(H2,17,18,19,20). The molecule has 2 aromatic rings. The molecular formula is C16H21N3O3. The Labute approximate surface area is 129 Å². The van der Waals surface area contributed by atoms with Crippen LogP contribution in [-0.4, -0.2) is 17.8 Å². The molecule has 118 valence electrons. The highest BCUT2D eigenvalue weighted by Crippen LogP contribution is 2.25. The number of benzene rings is 1. The third-order valence-electron chi connectivity index (χ3n) is 2.93. The Morgan fingerprint density at radius 3 is 2.64 bits per heavy atom. The first-order chi connectivity index (χ1) is 10.4. The summed E-state index contributed by atoms with van der Waals surface area (Å²) in [6.45, 7) is 8.44. The van der Waals surface area contributed by atoms with E-state index in [1.165, 1.54) is 0 Å². The minimum Gasteiger partial charge on any atom is -0.492 e. The molecule has 0 aliphatic heterocycles. The topological polar surface area (TPSA) is 76.4 Å². The quantitative estimate of drug-likeness (QED) is 0.894. The predicted molar refractivity (Wildman–Crippen MR) is 85.5 cm³/mol. The molecule has 6 heteroatoms. The zero-order valence-electron chi connectivity index (χ0n) is 13.3. The number of rotatable bonds is 4. The van der Waals surface area contributed by atoms with E-state index in [0.29, 0.717) is 29.6 Å². The van der Waals surface area contributed by atoms with Crippen LogP contribution in [0.25, 0.3) is 0 Å². The van der Waals surface area contributed by atoms with Gasteiger partial charge in [0.1, 0.15) is 11.5 Å². The first-order valence-electron chi connectivity index (χ1n) is 7.17. The molecule has 0 atom stereocenters. The van der Waals surface area contributed by atoms with Crippen LogP contribution in [0.2, 0.25) is 0 Å². The maximum atomic E-state index is 12.0. The highest BCUT2D eigenvalue weighted by molar-refractivity contribution is 6.00. The summed E-state index contributed by atoms with van der Waals surface area (Å²) in [6, 6.07) is 8.56. The number of hydrogen-bond acceptors (Lipinski definition) is 4. The summed E-state index contributed by atoms with van der Waals surface area (Å²) < 4.78 is 10.7. The minimum absolute atomic E-state index is 0.162. The fourth-order valence-electron chi connectivity index (χ4n) is 1.81. The van der Waals surface area contributed by atoms with Gasteiger partial charge in [0.2, 0.25) is 0 Å². The smallest absolute Gasteiger partial charge is 0.325 e. The van der Waals surface area contributed by atoms with E-state index in [2.05, 4.69) is 15.8 Å². The SMILES string of the molecule is CCOc1ccccc1NC(=O)Nc1cc(C(C)(C)C)on1. The summed E-state index contributed by atoms with van der Waals surface area (Å²) in [4.78, 5) is 12.0. The number of amides is 2. The molecule has 1 heterocycles. The van der Waals surface area contributed by atoms with Crippen LogP contribution in [0, 0.1) is 0 Å². The van der Waals surface area contributed by atoms with E-state index in [4.69, 9.17) is 9.26 Å². The van der Waals surface area contributed by atoms with E-state index >= 15 is 0 Å². The van der Waals surface area contributed by atoms with Gasteiger partial charge in [-0.3, -0.25) is 5.32 Å². The van der Waals surface area contributed by atoms with E-state index < -0.39 is 6.03 Å². The van der Waals surface area contributed by atoms with Gasteiger partial charge >= 0.3 is 6.03 Å². The Kier molecular flexibility index (Phi) is 4.70. The van der Waals surface area contributed by atoms with Crippen LogP contribution in [0.5, 0.6) is 5.75 Å². The Morgan fingerprint density at radius 2 is 2.00 bits per heavy atom. The number of urea groups is 1. The molecule has 0 bridgehead atoms. The van der Waals surface area contributed by atoms with Crippen LogP contribution >= 0.6 is 0 Å². The van der Waals surface area contributed by atoms with Crippen molar-refractivity contribution in [3.8, 4) is 5.75 Å². The lowest BCUT2D eigenvalue weighted by molar-refractivity contribution is 0.261. The fourth-order valence-corrected chi connectivity index (χ4v) is 1.81. The molecular weight excluding hydrogens is 282 g/mol. The molecule has 0 aliphatic rings. The van der Waals surface area contributed by atoms with Gasteiger partial charge in [0.25, 0.3) is 0 Å². The third kappa shape index (κ3) is 4.00. The van der Waals surface area contributed by atoms with Gasteiger partial charge in [-0.05, 0) is 19.1 Å². The number of hydrogen-bond donors (Lipinski definition) is 2. The third-order valence-corrected chi connectivity index (χ3v) is 2.93. The number of aromatic nitrogens is 1. The largest absolute Gasteiger partial charge is 0.492 e. The predicted octanol–water partition coefficient (Wildman–Crippen LogP) is 4.01. The summed E-state index contributed by atoms with van der Waals surface area (Å²) in [7, 11) is 0. The van der Waals surface area contributed by atoms with Gasteiger partial charge in [0.15, 0.2) is 5.82 Å². The van der Waals surface area contributed by atoms with Gasteiger partial charge in [-0.25, -0.2) is 4.79 Å². The fraction of sp³-hybridized carbons (Fsp3) is 0.375. The van der Waals surface area contributed by atoms with Crippen molar-refractivity contribution in [2.24, 2.45) is 0 Å². The Bertz CT molecular complexity index is 644. The van der Waals surface area contributed by atoms with Crippen molar-refractivity contribution in [1.82, 2.24) is 5.16 Å². The second-order valence-electron chi connectivity index (χ2n) is 5.83. The van der Waals surface area contributed by atoms with Gasteiger partial charge in [-0.1, -0.05) is 38.1 Å². The molecule has 6 nitrogen and oxygen atoms in total. The molecule has 1 aromatic carbocycles. The lowest BCUT2D eigenvalue weighted by atomic mass is 9.93. The monoisotopic (exact) mass is 303 g/mol. The normalized spacial score (nSPS) is 11.1. The van der Waals surface area contributed by atoms with Crippen molar-refractivity contribution in [2.75, 3.05) is 17.2 Å². The summed E-state index contributed by atoms with van der Waals surface area (Å²) in [5.41, 5.74) is 0.437. The second kappa shape index (κ2) is 6.51. The van der Waals surface area contributed by atoms with E-state index in [-0.39, 0.29) is 5.41 Å². The number of nitrogens with one attached hydrogen (secondary N) is 2. The Balaban J connectivity index is 2.03. The molecule has 22 heavy (non-hydrogen) atoms. The zero-order valence-corrected chi connectivity index (χ0v) is 13.3. The highest BCUT2D eigenvalue weighted by Gasteiger charge is 2.20. The van der Waals surface area contributed by atoms with Gasteiger partial charge in [0.05, 0.1) is 12.3 Å². The van der Waals surface area contributed by atoms with Gasteiger partial charge in [-0.2, -0.15) is 0 Å². The minimum atomic E-state index is -0.402. The van der Waals surface area contributed by atoms with E-state index in [9.17, 15) is 4.79 Å². The van der Waals surface area contributed by atoms with E-state index in [1.807, 2.05) is 39.8 Å². The summed E-state index contributed by atoms with van der Waals surface area (Å²) in [5.74, 6) is 1.70. The van der Waals surface area contributed by atoms with Gasteiger partial charge in [-0.15, -0.1) is 0 Å². The molecule has 0 unspecified atom stereocenters. The van der Waals surface area contributed by atoms with Crippen LogP contribution in [0.1, 0.15) is 33.5 Å². The zero-order chi connectivity index (χ0) is 16.2. The summed E-state index contributed by atoms with van der Waals surface area (Å²) >= 11 is 0. The average molecular weight is 303 g/mol. The molecule has 0 saturated carbocycles. The molecule has 0 radical (unpaired) electrons. The van der Waals surface area contributed by atoms with E-state index in [0.717, 1.165) is 0 Å². The molecule has 0 aliphatic carbocycles. The van der Waals surface area contributed by atoms with Crippen molar-refractivity contribution in [3.05, 3.63) is 36.1 Å². The molecule has 2 rings (SSSR count). The first-order valence-corrected chi connectivity index (χ1v) is 7.17. The number of anilines is 2. The molecule has 1 aromatic heterocycles.